The lowest BCUT2D eigenvalue weighted by Gasteiger charge is -2.31. The van der Waals surface area contributed by atoms with Crippen molar-refractivity contribution in [2.75, 3.05) is 32.1 Å². The summed E-state index contributed by atoms with van der Waals surface area (Å²) in [5.74, 6) is 0.745. The Morgan fingerprint density at radius 2 is 1.72 bits per heavy atom. The van der Waals surface area contributed by atoms with E-state index in [1.807, 2.05) is 55.5 Å². The molecule has 0 aliphatic carbocycles. The van der Waals surface area contributed by atoms with Crippen LogP contribution in [0.15, 0.2) is 71.8 Å². The van der Waals surface area contributed by atoms with Crippen molar-refractivity contribution in [2.24, 2.45) is 13.0 Å². The van der Waals surface area contributed by atoms with Crippen LogP contribution in [0.5, 0.6) is 5.88 Å². The van der Waals surface area contributed by atoms with Crippen LogP contribution in [-0.2, 0) is 23.1 Å². The molecule has 1 N–H and O–H groups in total. The fourth-order valence-electron chi connectivity index (χ4n) is 5.91. The van der Waals surface area contributed by atoms with E-state index >= 15 is 0 Å². The van der Waals surface area contributed by atoms with Crippen LogP contribution in [0.3, 0.4) is 0 Å². The van der Waals surface area contributed by atoms with Crippen molar-refractivity contribution in [1.29, 1.82) is 0 Å². The van der Waals surface area contributed by atoms with E-state index in [1.54, 1.807) is 32.6 Å². The van der Waals surface area contributed by atoms with E-state index in [4.69, 9.17) is 37.7 Å². The van der Waals surface area contributed by atoms with Crippen LogP contribution >= 0.6 is 23.2 Å². The zero-order valence-corrected chi connectivity index (χ0v) is 27.8. The summed E-state index contributed by atoms with van der Waals surface area (Å²) >= 11 is 14.0. The monoisotopic (exact) mass is 672 g/mol. The number of nitrogens with zero attached hydrogens (tertiary/aromatic N) is 5. The molecule has 1 aliphatic rings. The zero-order valence-electron chi connectivity index (χ0n) is 26.3. The second-order valence-electron chi connectivity index (χ2n) is 11.3. The molecule has 5 aromatic rings. The molecule has 0 spiro atoms. The van der Waals surface area contributed by atoms with Crippen molar-refractivity contribution in [3.05, 3.63) is 93.0 Å². The third-order valence-electron chi connectivity index (χ3n) is 8.41. The number of halogens is 2. The highest BCUT2D eigenvalue weighted by atomic mass is 35.5. The van der Waals surface area contributed by atoms with E-state index in [1.165, 1.54) is 4.68 Å². The van der Waals surface area contributed by atoms with Gasteiger partial charge in [0.05, 0.1) is 52.6 Å². The molecule has 2 aromatic carbocycles. The second-order valence-corrected chi connectivity index (χ2v) is 12.1. The minimum absolute atomic E-state index is 0.0468. The lowest BCUT2D eigenvalue weighted by Crippen LogP contribution is -2.36. The summed E-state index contributed by atoms with van der Waals surface area (Å²) in [6.45, 7) is 4.48. The molecule has 0 amide bonds. The van der Waals surface area contributed by atoms with Crippen molar-refractivity contribution in [3.63, 3.8) is 0 Å². The van der Waals surface area contributed by atoms with E-state index in [2.05, 4.69) is 20.3 Å². The van der Waals surface area contributed by atoms with Crippen molar-refractivity contribution in [2.45, 2.75) is 26.3 Å². The fourth-order valence-corrected chi connectivity index (χ4v) is 6.51. The van der Waals surface area contributed by atoms with Crippen molar-refractivity contribution in [1.82, 2.24) is 24.6 Å². The number of fused-ring (bicyclic) bond motifs is 1. The number of methoxy groups -OCH3 is 1. The summed E-state index contributed by atoms with van der Waals surface area (Å²) in [7, 11) is 3.20. The summed E-state index contributed by atoms with van der Waals surface area (Å²) < 4.78 is 12.2. The first-order valence-corrected chi connectivity index (χ1v) is 16.1. The van der Waals surface area contributed by atoms with Crippen LogP contribution in [-0.4, -0.2) is 57.4 Å². The number of nitrogens with one attached hydrogen (secondary N) is 1. The van der Waals surface area contributed by atoms with Gasteiger partial charge in [-0.25, -0.2) is 14.6 Å². The molecule has 0 unspecified atom stereocenters. The second kappa shape index (κ2) is 14.1. The highest BCUT2D eigenvalue weighted by Gasteiger charge is 2.27. The van der Waals surface area contributed by atoms with Gasteiger partial charge in [0.15, 0.2) is 0 Å². The van der Waals surface area contributed by atoms with Gasteiger partial charge in [0.25, 0.3) is 5.56 Å². The number of aryl methyl sites for hydroxylation is 1. The van der Waals surface area contributed by atoms with Crippen LogP contribution < -0.4 is 15.6 Å². The van der Waals surface area contributed by atoms with E-state index in [0.717, 1.165) is 42.6 Å². The number of esters is 1. The minimum Gasteiger partial charge on any atom is -0.481 e. The molecule has 0 saturated carbocycles. The van der Waals surface area contributed by atoms with E-state index < -0.39 is 0 Å². The zero-order chi connectivity index (χ0) is 33.1. The van der Waals surface area contributed by atoms with Gasteiger partial charge in [0.1, 0.15) is 5.82 Å². The van der Waals surface area contributed by atoms with Crippen molar-refractivity contribution >= 4 is 51.4 Å². The Bertz CT molecular complexity index is 2010. The lowest BCUT2D eigenvalue weighted by atomic mass is 9.96. The molecule has 10 nitrogen and oxygen atoms in total. The van der Waals surface area contributed by atoms with Gasteiger partial charge in [0, 0.05) is 47.4 Å². The number of carbonyl (C=O) groups excluding carboxylic acids is 1. The van der Waals surface area contributed by atoms with Gasteiger partial charge in [-0.1, -0.05) is 59.6 Å². The quantitative estimate of drug-likeness (QED) is 0.167. The Morgan fingerprint density at radius 3 is 2.47 bits per heavy atom. The maximum atomic E-state index is 12.9. The SMILES string of the molecule is CCOC(=O)C1CCN(Cc2ccc(-c3cccc(-c4cccc(Nc5nccc6cnn(C)c(=O)c56)c4Cl)c3Cl)nc2OC)CC1. The number of hydrogen-bond donors (Lipinski definition) is 1. The van der Waals surface area contributed by atoms with E-state index in [9.17, 15) is 9.59 Å². The molecule has 0 radical (unpaired) electrons. The molecule has 4 heterocycles. The smallest absolute Gasteiger partial charge is 0.309 e. The lowest BCUT2D eigenvalue weighted by molar-refractivity contribution is -0.149. The highest BCUT2D eigenvalue weighted by molar-refractivity contribution is 6.39. The summed E-state index contributed by atoms with van der Waals surface area (Å²) in [6.07, 6.45) is 4.77. The number of carbonyl (C=O) groups is 1. The molecule has 12 heteroatoms. The first kappa shape index (κ1) is 32.4. The molecule has 0 bridgehead atoms. The molecule has 1 saturated heterocycles. The van der Waals surface area contributed by atoms with Crippen LogP contribution in [0.1, 0.15) is 25.3 Å². The fraction of sp³-hybridized carbons (Fsp3) is 0.286. The number of rotatable bonds is 9. The first-order chi connectivity index (χ1) is 22.8. The molecule has 0 atom stereocenters. The maximum Gasteiger partial charge on any atom is 0.309 e. The van der Waals surface area contributed by atoms with Gasteiger partial charge >= 0.3 is 5.97 Å². The largest absolute Gasteiger partial charge is 0.481 e. The van der Waals surface area contributed by atoms with Gasteiger partial charge in [-0.15, -0.1) is 0 Å². The Labute approximate surface area is 282 Å². The Balaban J connectivity index is 1.26. The molecule has 1 aliphatic heterocycles. The normalized spacial score (nSPS) is 13.9. The molecule has 47 heavy (non-hydrogen) atoms. The Kier molecular flexibility index (Phi) is 9.72. The van der Waals surface area contributed by atoms with Gasteiger partial charge < -0.3 is 14.8 Å². The van der Waals surface area contributed by atoms with Gasteiger partial charge in [-0.05, 0) is 51.1 Å². The standard InChI is InChI=1S/C35H34Cl2N6O4/c1-4-47-35(45)21-14-17-43(18-15-21)20-23-11-12-27(41-33(23)46-3)26-9-5-7-24(30(26)36)25-8-6-10-28(31(25)37)40-32-29-22(13-16-38-32)19-39-42(2)34(29)44/h5-13,16,19,21H,4,14-15,17-18,20H2,1-3H3,(H,38,40). The summed E-state index contributed by atoms with van der Waals surface area (Å²) in [5.41, 5.74) is 4.06. The molecule has 1 fully saturated rings. The number of hydrogen-bond acceptors (Lipinski definition) is 9. The topological polar surface area (TPSA) is 111 Å². The average molecular weight is 674 g/mol. The predicted molar refractivity (Wildman–Crippen MR) is 184 cm³/mol. The molecule has 6 rings (SSSR count). The summed E-state index contributed by atoms with van der Waals surface area (Å²) in [4.78, 5) is 36.6. The third-order valence-corrected chi connectivity index (χ3v) is 9.23. The van der Waals surface area contributed by atoms with Crippen LogP contribution in [0.2, 0.25) is 10.0 Å². The molecular weight excluding hydrogens is 639 g/mol. The number of benzene rings is 2. The van der Waals surface area contributed by atoms with Gasteiger partial charge in [0.2, 0.25) is 5.88 Å². The highest BCUT2D eigenvalue weighted by Crippen LogP contribution is 2.42. The minimum atomic E-state index is -0.270. The van der Waals surface area contributed by atoms with Gasteiger partial charge in [-0.2, -0.15) is 5.10 Å². The van der Waals surface area contributed by atoms with Gasteiger partial charge in [-0.3, -0.25) is 14.5 Å². The maximum absolute atomic E-state index is 12.9. The van der Waals surface area contributed by atoms with Crippen molar-refractivity contribution in [3.8, 4) is 28.3 Å². The van der Waals surface area contributed by atoms with Crippen LogP contribution in [0.25, 0.3) is 33.2 Å². The third kappa shape index (κ3) is 6.67. The number of anilines is 2. The number of aromatic nitrogens is 4. The first-order valence-electron chi connectivity index (χ1n) is 15.4. The van der Waals surface area contributed by atoms with E-state index in [0.29, 0.717) is 62.6 Å². The van der Waals surface area contributed by atoms with Crippen LogP contribution in [0.4, 0.5) is 11.5 Å². The average Bonchev–Trinajstić information content (AvgIpc) is 3.08. The predicted octanol–water partition coefficient (Wildman–Crippen LogP) is 6.89. The Morgan fingerprint density at radius 1 is 1.00 bits per heavy atom. The van der Waals surface area contributed by atoms with Crippen LogP contribution in [0, 0.1) is 5.92 Å². The van der Waals surface area contributed by atoms with E-state index in [-0.39, 0.29) is 17.4 Å². The number of piperidine rings is 1. The number of ether oxygens (including phenoxy) is 2. The molecule has 3 aromatic heterocycles. The summed E-state index contributed by atoms with van der Waals surface area (Å²) in [6, 6.07) is 17.0. The number of pyridine rings is 2. The number of likely N-dealkylation sites (tertiary alicyclic amines) is 1. The van der Waals surface area contributed by atoms with Crippen molar-refractivity contribution < 1.29 is 14.3 Å². The summed E-state index contributed by atoms with van der Waals surface area (Å²) in [5, 5.41) is 9.33. The molecule has 242 valence electrons. The molecular formula is C35H34Cl2N6O4. The Hall–Kier alpha value is -4.51.